The van der Waals surface area contributed by atoms with Gasteiger partial charge in [0.15, 0.2) is 0 Å². The lowest BCUT2D eigenvalue weighted by Crippen LogP contribution is -2.26. The molecule has 1 amide bonds. The van der Waals surface area contributed by atoms with E-state index in [9.17, 15) is 4.79 Å². The Labute approximate surface area is 108 Å². The van der Waals surface area contributed by atoms with Gasteiger partial charge in [-0.05, 0) is 30.5 Å². The number of carbonyl (C=O) groups is 1. The average Bonchev–Trinajstić information content (AvgIpc) is 3.15. The molecular formula is C15H18N2O. The van der Waals surface area contributed by atoms with Crippen LogP contribution in [0.3, 0.4) is 0 Å². The van der Waals surface area contributed by atoms with E-state index in [4.69, 9.17) is 5.73 Å². The van der Waals surface area contributed by atoms with E-state index in [1.165, 1.54) is 0 Å². The minimum atomic E-state index is -0.00708. The fourth-order valence-corrected chi connectivity index (χ4v) is 2.02. The van der Waals surface area contributed by atoms with Crippen molar-refractivity contribution in [3.05, 3.63) is 35.4 Å². The first kappa shape index (κ1) is 12.7. The Morgan fingerprint density at radius 3 is 3.06 bits per heavy atom. The Balaban J connectivity index is 2.02. The molecule has 1 saturated carbocycles. The summed E-state index contributed by atoms with van der Waals surface area (Å²) in [6.45, 7) is 2.48. The van der Waals surface area contributed by atoms with Gasteiger partial charge in [-0.2, -0.15) is 0 Å². The first-order valence-corrected chi connectivity index (χ1v) is 6.34. The van der Waals surface area contributed by atoms with E-state index in [0.717, 1.165) is 18.4 Å². The summed E-state index contributed by atoms with van der Waals surface area (Å²) in [5, 5.41) is 3.04. The van der Waals surface area contributed by atoms with E-state index in [-0.39, 0.29) is 5.91 Å². The van der Waals surface area contributed by atoms with Gasteiger partial charge in [0.05, 0.1) is 6.54 Å². The molecule has 0 bridgehead atoms. The molecule has 0 radical (unpaired) electrons. The second-order valence-corrected chi connectivity index (χ2v) is 4.57. The summed E-state index contributed by atoms with van der Waals surface area (Å²) in [5.74, 6) is 6.37. The van der Waals surface area contributed by atoms with Crippen LogP contribution < -0.4 is 11.1 Å². The molecule has 1 aromatic rings. The van der Waals surface area contributed by atoms with Crippen molar-refractivity contribution in [3.63, 3.8) is 0 Å². The predicted molar refractivity (Wildman–Crippen MR) is 72.0 cm³/mol. The third kappa shape index (κ3) is 3.12. The monoisotopic (exact) mass is 242 g/mol. The minimum absolute atomic E-state index is 0.00708. The van der Waals surface area contributed by atoms with Crippen LogP contribution in [0.15, 0.2) is 24.3 Å². The summed E-state index contributed by atoms with van der Waals surface area (Å²) in [4.78, 5) is 12.0. The highest BCUT2D eigenvalue weighted by Gasteiger charge is 2.36. The van der Waals surface area contributed by atoms with Crippen LogP contribution in [0.4, 0.5) is 0 Å². The minimum Gasteiger partial charge on any atom is -0.349 e. The predicted octanol–water partition coefficient (Wildman–Crippen LogP) is 1.53. The summed E-state index contributed by atoms with van der Waals surface area (Å²) >= 11 is 0. The summed E-state index contributed by atoms with van der Waals surface area (Å²) in [5.41, 5.74) is 6.82. The Bertz CT molecular complexity index is 499. The van der Waals surface area contributed by atoms with Gasteiger partial charge in [0.2, 0.25) is 0 Å². The van der Waals surface area contributed by atoms with E-state index in [1.807, 2.05) is 18.2 Å². The molecule has 0 aromatic heterocycles. The van der Waals surface area contributed by atoms with Gasteiger partial charge >= 0.3 is 0 Å². The third-order valence-electron chi connectivity index (χ3n) is 3.22. The van der Waals surface area contributed by atoms with Crippen molar-refractivity contribution in [1.82, 2.24) is 5.32 Å². The first-order chi connectivity index (χ1) is 8.74. The van der Waals surface area contributed by atoms with Crippen molar-refractivity contribution in [2.75, 3.05) is 6.54 Å². The van der Waals surface area contributed by atoms with Gasteiger partial charge < -0.3 is 11.1 Å². The van der Waals surface area contributed by atoms with Gasteiger partial charge in [0.25, 0.3) is 5.91 Å². The summed E-state index contributed by atoms with van der Waals surface area (Å²) in [6, 6.07) is 7.71. The molecule has 1 aromatic carbocycles. The first-order valence-electron chi connectivity index (χ1n) is 6.34. The Morgan fingerprint density at radius 2 is 2.39 bits per heavy atom. The van der Waals surface area contributed by atoms with E-state index in [2.05, 4.69) is 24.1 Å². The molecule has 1 aliphatic carbocycles. The lowest BCUT2D eigenvalue weighted by molar-refractivity contribution is 0.0949. The third-order valence-corrected chi connectivity index (χ3v) is 3.22. The Kier molecular flexibility index (Phi) is 4.01. The number of amides is 1. The van der Waals surface area contributed by atoms with E-state index >= 15 is 0 Å². The largest absolute Gasteiger partial charge is 0.349 e. The zero-order chi connectivity index (χ0) is 13.0. The molecule has 3 heteroatoms. The fraction of sp³-hybridized carbons (Fsp3) is 0.400. The lowest BCUT2D eigenvalue weighted by atomic mass is 10.1. The van der Waals surface area contributed by atoms with Gasteiger partial charge in [0, 0.05) is 17.2 Å². The molecule has 0 aliphatic heterocycles. The average molecular weight is 242 g/mol. The lowest BCUT2D eigenvalue weighted by Gasteiger charge is -2.04. The molecule has 2 atom stereocenters. The maximum atomic E-state index is 12.0. The number of nitrogens with one attached hydrogen (secondary N) is 1. The summed E-state index contributed by atoms with van der Waals surface area (Å²) in [7, 11) is 0. The molecule has 94 valence electrons. The SMILES string of the molecule is CCC1CC1NC(=O)c1cccc(C#CCN)c1. The number of rotatable bonds is 3. The van der Waals surface area contributed by atoms with Crippen LogP contribution in [-0.2, 0) is 0 Å². The van der Waals surface area contributed by atoms with Crippen LogP contribution in [0.1, 0.15) is 35.7 Å². The molecular weight excluding hydrogens is 224 g/mol. The summed E-state index contributed by atoms with van der Waals surface area (Å²) in [6.07, 6.45) is 2.24. The van der Waals surface area contributed by atoms with Gasteiger partial charge in [-0.15, -0.1) is 0 Å². The topological polar surface area (TPSA) is 55.1 Å². The van der Waals surface area contributed by atoms with Crippen molar-refractivity contribution >= 4 is 5.91 Å². The van der Waals surface area contributed by atoms with E-state index in [0.29, 0.717) is 24.1 Å². The summed E-state index contributed by atoms with van der Waals surface area (Å²) < 4.78 is 0. The normalized spacial score (nSPS) is 20.8. The second-order valence-electron chi connectivity index (χ2n) is 4.57. The highest BCUT2D eigenvalue weighted by Crippen LogP contribution is 2.33. The molecule has 0 saturated heterocycles. The van der Waals surface area contributed by atoms with E-state index in [1.54, 1.807) is 6.07 Å². The van der Waals surface area contributed by atoms with Gasteiger partial charge in [-0.3, -0.25) is 4.79 Å². The number of hydrogen-bond acceptors (Lipinski definition) is 2. The van der Waals surface area contributed by atoms with Gasteiger partial charge in [-0.1, -0.05) is 31.3 Å². The van der Waals surface area contributed by atoms with Crippen molar-refractivity contribution in [3.8, 4) is 11.8 Å². The van der Waals surface area contributed by atoms with Gasteiger partial charge in [0.1, 0.15) is 0 Å². The molecule has 1 fully saturated rings. The van der Waals surface area contributed by atoms with Gasteiger partial charge in [-0.25, -0.2) is 0 Å². The quantitative estimate of drug-likeness (QED) is 0.790. The molecule has 2 unspecified atom stereocenters. The molecule has 2 rings (SSSR count). The van der Waals surface area contributed by atoms with Crippen molar-refractivity contribution in [1.29, 1.82) is 0 Å². The standard InChI is InChI=1S/C15H18N2O/c1-2-12-10-14(12)17-15(18)13-7-3-5-11(9-13)6-4-8-16/h3,5,7,9,12,14H,2,8,10,16H2,1H3,(H,17,18). The smallest absolute Gasteiger partial charge is 0.251 e. The number of benzene rings is 1. The Morgan fingerprint density at radius 1 is 1.56 bits per heavy atom. The van der Waals surface area contributed by atoms with Crippen LogP contribution in [-0.4, -0.2) is 18.5 Å². The van der Waals surface area contributed by atoms with Crippen molar-refractivity contribution in [2.45, 2.75) is 25.8 Å². The highest BCUT2D eigenvalue weighted by atomic mass is 16.1. The highest BCUT2D eigenvalue weighted by molar-refractivity contribution is 5.94. The molecule has 18 heavy (non-hydrogen) atoms. The molecule has 3 nitrogen and oxygen atoms in total. The number of carbonyl (C=O) groups excluding carboxylic acids is 1. The van der Waals surface area contributed by atoms with Crippen LogP contribution >= 0.6 is 0 Å². The zero-order valence-corrected chi connectivity index (χ0v) is 10.6. The van der Waals surface area contributed by atoms with E-state index < -0.39 is 0 Å². The second kappa shape index (κ2) is 5.70. The number of hydrogen-bond donors (Lipinski definition) is 2. The van der Waals surface area contributed by atoms with Crippen LogP contribution in [0.25, 0.3) is 0 Å². The van der Waals surface area contributed by atoms with Crippen LogP contribution in [0.5, 0.6) is 0 Å². The molecule has 0 heterocycles. The van der Waals surface area contributed by atoms with Crippen molar-refractivity contribution < 1.29 is 4.79 Å². The van der Waals surface area contributed by atoms with Crippen LogP contribution in [0, 0.1) is 17.8 Å². The van der Waals surface area contributed by atoms with Crippen molar-refractivity contribution in [2.24, 2.45) is 11.7 Å². The fourth-order valence-electron chi connectivity index (χ4n) is 2.02. The molecule has 3 N–H and O–H groups in total. The number of nitrogens with two attached hydrogens (primary N) is 1. The Hall–Kier alpha value is -1.79. The maximum absolute atomic E-state index is 12.0. The maximum Gasteiger partial charge on any atom is 0.251 e. The zero-order valence-electron chi connectivity index (χ0n) is 10.6. The molecule has 0 spiro atoms. The van der Waals surface area contributed by atoms with Crippen LogP contribution in [0.2, 0.25) is 0 Å². The molecule has 1 aliphatic rings.